The number of hydrogen-bond donors (Lipinski definition) is 12. The summed E-state index contributed by atoms with van der Waals surface area (Å²) in [7, 11) is 0. The summed E-state index contributed by atoms with van der Waals surface area (Å²) in [6.07, 6.45) is 12.3. The summed E-state index contributed by atoms with van der Waals surface area (Å²) in [6, 6.07) is 30.3. The fourth-order valence-electron chi connectivity index (χ4n) is 11.1. The Hall–Kier alpha value is -9.48. The van der Waals surface area contributed by atoms with Gasteiger partial charge in [-0.2, -0.15) is 0 Å². The van der Waals surface area contributed by atoms with Gasteiger partial charge in [0.15, 0.2) is 0 Å². The second kappa shape index (κ2) is 49.1. The molecular weight excluding hydrogens is 1280 g/mol. The first-order valence-corrected chi connectivity index (χ1v) is 33.8. The standard InChI is InChI=1S/C21H30O6.C20H28O6.C18H24O6.C16H20O6/c1-2-5-17(20(24)25)8-3-6-15-10-12-16(13-11-15)7-4-9-18(21(26)27)14-19(22)23;1-2-16(19(23)24)7-3-5-14-9-11-15(12-10-14)6-4-8-17(20(25)26)13-18(21)22;1-2-3-14(17(21)22)10-12-4-6-13(7-5-12)11-15(18(23)24)8-9-16(19)20;1-2-12(15(19)20)7-10-3-5-11(6-4-10)8-13(16(21)22)9-14(17)18/h10-13,17-18H,2-9,14H2,1H3,(H,22,23)(H,24,25)(H,26,27);9-12,16-17H,2-8,13H2,1H3,(H,21,22)(H,23,24)(H,25,26);4-7,14-15H,2-3,8-11H2,1H3,(H,19,20)(H,21,22)(H,23,24);3-6,12-13H,2,7-9H2,1H3,(H,17,18)(H,19,20)(H,21,22). The van der Waals surface area contributed by atoms with E-state index in [0.717, 1.165) is 83.0 Å². The second-order valence-corrected chi connectivity index (χ2v) is 25.1. The van der Waals surface area contributed by atoms with Crippen LogP contribution in [0.5, 0.6) is 0 Å². The molecule has 99 heavy (non-hydrogen) atoms. The highest BCUT2D eigenvalue weighted by molar-refractivity contribution is 5.79. The third-order valence-corrected chi connectivity index (χ3v) is 17.1. The molecule has 0 heterocycles. The Morgan fingerprint density at radius 1 is 0.242 bits per heavy atom. The van der Waals surface area contributed by atoms with E-state index in [1.54, 1.807) is 36.4 Å². The van der Waals surface area contributed by atoms with E-state index in [1.165, 1.54) is 0 Å². The van der Waals surface area contributed by atoms with E-state index in [9.17, 15) is 72.9 Å². The Balaban J connectivity index is 0.000000662. The minimum Gasteiger partial charge on any atom is -0.481 e. The molecule has 4 aromatic rings. The average molecular weight is 1390 g/mol. The van der Waals surface area contributed by atoms with E-state index in [2.05, 4.69) is 0 Å². The maximum atomic E-state index is 11.2. The predicted molar refractivity (Wildman–Crippen MR) is 365 cm³/mol. The minimum atomic E-state index is -1.14. The molecule has 24 nitrogen and oxygen atoms in total. The third kappa shape index (κ3) is 39.5. The first kappa shape index (κ1) is 87.5. The van der Waals surface area contributed by atoms with Gasteiger partial charge in [-0.25, -0.2) is 0 Å². The lowest BCUT2D eigenvalue weighted by atomic mass is 9.92. The van der Waals surface area contributed by atoms with Crippen molar-refractivity contribution < 1.29 is 119 Å². The topological polar surface area (TPSA) is 448 Å². The average Bonchev–Trinajstić information content (AvgIpc) is 0.907. The van der Waals surface area contributed by atoms with Crippen LogP contribution >= 0.6 is 0 Å². The summed E-state index contributed by atoms with van der Waals surface area (Å²) in [5, 5.41) is 108. The number of aliphatic carboxylic acids is 12. The zero-order valence-electron chi connectivity index (χ0n) is 57.2. The highest BCUT2D eigenvalue weighted by atomic mass is 16.4. The van der Waals surface area contributed by atoms with Crippen molar-refractivity contribution in [2.45, 2.75) is 201 Å². The van der Waals surface area contributed by atoms with Gasteiger partial charge >= 0.3 is 71.6 Å². The largest absolute Gasteiger partial charge is 0.481 e. The number of rotatable bonds is 47. The van der Waals surface area contributed by atoms with Crippen LogP contribution in [0, 0.1) is 47.3 Å². The van der Waals surface area contributed by atoms with Crippen molar-refractivity contribution in [2.24, 2.45) is 47.3 Å². The van der Waals surface area contributed by atoms with Gasteiger partial charge < -0.3 is 61.3 Å². The van der Waals surface area contributed by atoms with E-state index in [0.29, 0.717) is 89.9 Å². The molecule has 0 saturated carbocycles. The minimum absolute atomic E-state index is 0.0873. The fourth-order valence-corrected chi connectivity index (χ4v) is 11.1. The van der Waals surface area contributed by atoms with Gasteiger partial charge in [0.25, 0.3) is 0 Å². The van der Waals surface area contributed by atoms with Crippen LogP contribution in [-0.2, 0) is 109 Å². The van der Waals surface area contributed by atoms with E-state index in [1.807, 2.05) is 88.4 Å². The molecule has 8 unspecified atom stereocenters. The monoisotopic (exact) mass is 1390 g/mol. The van der Waals surface area contributed by atoms with Crippen molar-refractivity contribution in [3.05, 3.63) is 142 Å². The van der Waals surface area contributed by atoms with Crippen LogP contribution in [0.1, 0.15) is 194 Å². The van der Waals surface area contributed by atoms with Crippen LogP contribution in [0.4, 0.5) is 0 Å². The molecule has 0 saturated heterocycles. The molecule has 0 aliphatic heterocycles. The maximum absolute atomic E-state index is 11.2. The molecule has 8 atom stereocenters. The number of aryl methyl sites for hydroxylation is 4. The normalized spacial score (nSPS) is 13.2. The first-order chi connectivity index (χ1) is 46.8. The Bertz CT molecular complexity index is 3140. The molecule has 4 aromatic carbocycles. The smallest absolute Gasteiger partial charge is 0.307 e. The Kier molecular flexibility index (Phi) is 43.4. The molecule has 0 bridgehead atoms. The van der Waals surface area contributed by atoms with Gasteiger partial charge in [-0.3, -0.25) is 57.5 Å². The fraction of sp³-hybridized carbons (Fsp3) is 0.520. The molecule has 546 valence electrons. The Labute approximate surface area is 578 Å². The summed E-state index contributed by atoms with van der Waals surface area (Å²) in [4.78, 5) is 131. The highest BCUT2D eigenvalue weighted by Gasteiger charge is 2.25. The van der Waals surface area contributed by atoms with Crippen molar-refractivity contribution in [3.63, 3.8) is 0 Å². The predicted octanol–water partition coefficient (Wildman–Crippen LogP) is 12.5. The van der Waals surface area contributed by atoms with Crippen LogP contribution in [-0.4, -0.2) is 133 Å². The quantitative estimate of drug-likeness (QED) is 0.0195. The molecule has 24 heteroatoms. The van der Waals surface area contributed by atoms with Crippen molar-refractivity contribution in [1.29, 1.82) is 0 Å². The van der Waals surface area contributed by atoms with Gasteiger partial charge in [-0.1, -0.05) is 138 Å². The lowest BCUT2D eigenvalue weighted by molar-refractivity contribution is -0.148. The van der Waals surface area contributed by atoms with Crippen LogP contribution in [0.25, 0.3) is 0 Å². The third-order valence-electron chi connectivity index (χ3n) is 17.1. The van der Waals surface area contributed by atoms with E-state index in [-0.39, 0.29) is 50.4 Å². The summed E-state index contributed by atoms with van der Waals surface area (Å²) in [5.41, 5.74) is 7.79. The summed E-state index contributed by atoms with van der Waals surface area (Å²) >= 11 is 0. The SMILES string of the molecule is CCC(CCCc1ccc(CCCC(CC(=O)O)C(=O)O)cc1)C(=O)O.CCC(Cc1ccc(CC(CC(=O)O)C(=O)O)cc1)C(=O)O.CCCC(CCCc1ccc(CCCC(CC(=O)O)C(=O)O)cc1)C(=O)O.CCCC(Cc1ccc(CC(CCC(=O)O)C(=O)O)cc1)C(=O)O. The van der Waals surface area contributed by atoms with Crippen molar-refractivity contribution in [1.82, 2.24) is 0 Å². The van der Waals surface area contributed by atoms with Crippen molar-refractivity contribution in [2.75, 3.05) is 0 Å². The Morgan fingerprint density at radius 3 is 0.717 bits per heavy atom. The number of carboxylic acid groups (broad SMARTS) is 12. The van der Waals surface area contributed by atoms with Gasteiger partial charge in [-0.05, 0) is 179 Å². The molecule has 12 N–H and O–H groups in total. The molecular formula is C75H102O24. The molecule has 0 fully saturated rings. The lowest BCUT2D eigenvalue weighted by Crippen LogP contribution is -2.20. The zero-order chi connectivity index (χ0) is 74.6. The molecule has 0 spiro atoms. The van der Waals surface area contributed by atoms with Gasteiger partial charge in [0.05, 0.1) is 66.6 Å². The highest BCUT2D eigenvalue weighted by Crippen LogP contribution is 2.24. The van der Waals surface area contributed by atoms with Crippen molar-refractivity contribution >= 4 is 71.6 Å². The zero-order valence-corrected chi connectivity index (χ0v) is 57.2. The number of carbonyl (C=O) groups is 12. The molecule has 0 radical (unpaired) electrons. The summed E-state index contributed by atoms with van der Waals surface area (Å²) in [5.74, 6) is -16.4. The Morgan fingerprint density at radius 2 is 0.465 bits per heavy atom. The number of hydrogen-bond acceptors (Lipinski definition) is 12. The van der Waals surface area contributed by atoms with Gasteiger partial charge in [0, 0.05) is 6.42 Å². The van der Waals surface area contributed by atoms with Crippen LogP contribution in [0.2, 0.25) is 0 Å². The van der Waals surface area contributed by atoms with Crippen LogP contribution in [0.3, 0.4) is 0 Å². The molecule has 0 amide bonds. The number of benzene rings is 4. The number of carboxylic acids is 12. The molecule has 4 rings (SSSR count). The van der Waals surface area contributed by atoms with Crippen LogP contribution in [0.15, 0.2) is 97.1 Å². The van der Waals surface area contributed by atoms with Gasteiger partial charge in [0.1, 0.15) is 0 Å². The van der Waals surface area contributed by atoms with E-state index < -0.39 is 114 Å². The maximum Gasteiger partial charge on any atom is 0.307 e. The first-order valence-electron chi connectivity index (χ1n) is 33.8. The molecule has 0 aromatic heterocycles. The lowest BCUT2D eigenvalue weighted by Gasteiger charge is -2.13. The van der Waals surface area contributed by atoms with E-state index in [4.69, 9.17) is 46.0 Å². The molecule has 0 aliphatic rings. The summed E-state index contributed by atoms with van der Waals surface area (Å²) < 4.78 is 0. The van der Waals surface area contributed by atoms with Crippen molar-refractivity contribution in [3.8, 4) is 0 Å². The van der Waals surface area contributed by atoms with Gasteiger partial charge in [-0.15, -0.1) is 0 Å². The second-order valence-electron chi connectivity index (χ2n) is 25.1. The van der Waals surface area contributed by atoms with Crippen LogP contribution < -0.4 is 0 Å². The molecule has 0 aliphatic carbocycles. The summed E-state index contributed by atoms with van der Waals surface area (Å²) in [6.45, 7) is 7.65. The van der Waals surface area contributed by atoms with E-state index >= 15 is 0 Å². The van der Waals surface area contributed by atoms with Gasteiger partial charge in [0.2, 0.25) is 0 Å².